The summed E-state index contributed by atoms with van der Waals surface area (Å²) in [5.74, 6) is 8.98. The van der Waals surface area contributed by atoms with E-state index in [4.69, 9.17) is 11.7 Å². The van der Waals surface area contributed by atoms with E-state index < -0.39 is 11.9 Å². The molecule has 7 N–H and O–H groups in total. The molecule has 0 aliphatic carbocycles. The zero-order chi connectivity index (χ0) is 15.8. The number of nitrogen functional groups attached to an aromatic ring is 1. The number of hydrazine groups is 2. The molecule has 8 nitrogen and oxygen atoms in total. The molecule has 21 heavy (non-hydrogen) atoms. The molecule has 1 aromatic carbocycles. The van der Waals surface area contributed by atoms with Crippen molar-refractivity contribution in [3.8, 4) is 0 Å². The van der Waals surface area contributed by atoms with Crippen LogP contribution in [0.15, 0.2) is 24.3 Å². The van der Waals surface area contributed by atoms with Crippen molar-refractivity contribution in [3.63, 3.8) is 0 Å². The highest BCUT2D eigenvalue weighted by molar-refractivity contribution is 5.93. The van der Waals surface area contributed by atoms with Gasteiger partial charge in [0.25, 0.3) is 11.8 Å². The molecule has 0 aromatic heterocycles. The molecule has 114 valence electrons. The van der Waals surface area contributed by atoms with Crippen LogP contribution in [0, 0.1) is 0 Å². The van der Waals surface area contributed by atoms with Gasteiger partial charge in [-0.1, -0.05) is 12.1 Å². The number of benzene rings is 1. The third-order valence-corrected chi connectivity index (χ3v) is 2.91. The number of hydrogen-bond acceptors (Lipinski definition) is 5. The molecule has 0 heterocycles. The van der Waals surface area contributed by atoms with Gasteiger partial charge in [-0.25, -0.2) is 11.7 Å². The van der Waals surface area contributed by atoms with Crippen LogP contribution in [0.3, 0.4) is 0 Å². The number of amides is 3. The summed E-state index contributed by atoms with van der Waals surface area (Å²) in [4.78, 5) is 33.9. The molecule has 0 fully saturated rings. The largest absolute Gasteiger partial charge is 0.344 e. The van der Waals surface area contributed by atoms with Crippen LogP contribution >= 0.6 is 0 Å². The number of aryl methyl sites for hydroxylation is 1. The SMILES string of the molecule is CC(=O)NC(CCc1ccc(C(=O)NN)cc1)C(=O)NN. The molecule has 1 atom stereocenters. The molecule has 1 aromatic rings. The second-order valence-corrected chi connectivity index (χ2v) is 4.47. The van der Waals surface area contributed by atoms with Gasteiger partial charge >= 0.3 is 0 Å². The Kier molecular flexibility index (Phi) is 6.31. The van der Waals surface area contributed by atoms with Crippen molar-refractivity contribution in [1.29, 1.82) is 0 Å². The van der Waals surface area contributed by atoms with Gasteiger partial charge in [-0.3, -0.25) is 25.2 Å². The van der Waals surface area contributed by atoms with Crippen LogP contribution in [0.1, 0.15) is 29.3 Å². The Morgan fingerprint density at radius 2 is 1.71 bits per heavy atom. The first kappa shape index (κ1) is 16.6. The average Bonchev–Trinajstić information content (AvgIpc) is 2.50. The molecule has 0 saturated heterocycles. The number of nitrogens with one attached hydrogen (secondary N) is 3. The zero-order valence-corrected chi connectivity index (χ0v) is 11.7. The first-order valence-electron chi connectivity index (χ1n) is 6.35. The third-order valence-electron chi connectivity index (χ3n) is 2.91. The number of carbonyl (C=O) groups is 3. The number of rotatable bonds is 6. The molecular weight excluding hydrogens is 274 g/mol. The van der Waals surface area contributed by atoms with Gasteiger partial charge in [0, 0.05) is 12.5 Å². The highest BCUT2D eigenvalue weighted by Crippen LogP contribution is 2.08. The summed E-state index contributed by atoms with van der Waals surface area (Å²) >= 11 is 0. The standard InChI is InChI=1S/C13H19N5O3/c1-8(19)16-11(13(21)18-15)7-4-9-2-5-10(6-3-9)12(20)17-14/h2-3,5-6,11H,4,7,14-15H2,1H3,(H,16,19)(H,17,20)(H,18,21). The maximum Gasteiger partial charge on any atom is 0.265 e. The fourth-order valence-electron chi connectivity index (χ4n) is 1.83. The van der Waals surface area contributed by atoms with E-state index in [0.29, 0.717) is 18.4 Å². The third kappa shape index (κ3) is 5.21. The Hall–Kier alpha value is -2.45. The fraction of sp³-hybridized carbons (Fsp3) is 0.308. The normalized spacial score (nSPS) is 11.4. The summed E-state index contributed by atoms with van der Waals surface area (Å²) in [6.07, 6.45) is 0.938. The Morgan fingerprint density at radius 3 is 2.19 bits per heavy atom. The number of hydrogen-bond donors (Lipinski definition) is 5. The van der Waals surface area contributed by atoms with Crippen molar-refractivity contribution >= 4 is 17.7 Å². The quantitative estimate of drug-likeness (QED) is 0.252. The van der Waals surface area contributed by atoms with Crippen molar-refractivity contribution in [2.24, 2.45) is 11.7 Å². The fourth-order valence-corrected chi connectivity index (χ4v) is 1.83. The van der Waals surface area contributed by atoms with Gasteiger partial charge < -0.3 is 5.32 Å². The lowest BCUT2D eigenvalue weighted by molar-refractivity contribution is -0.128. The van der Waals surface area contributed by atoms with Gasteiger partial charge in [0.2, 0.25) is 5.91 Å². The van der Waals surface area contributed by atoms with Crippen LogP contribution in [0.2, 0.25) is 0 Å². The van der Waals surface area contributed by atoms with E-state index in [-0.39, 0.29) is 11.8 Å². The van der Waals surface area contributed by atoms with Crippen LogP contribution < -0.4 is 27.9 Å². The molecule has 0 spiro atoms. The van der Waals surface area contributed by atoms with Gasteiger partial charge in [0.1, 0.15) is 6.04 Å². The van der Waals surface area contributed by atoms with Gasteiger partial charge in [-0.05, 0) is 30.5 Å². The maximum absolute atomic E-state index is 11.5. The topological polar surface area (TPSA) is 139 Å². The lowest BCUT2D eigenvalue weighted by atomic mass is 10.0. The summed E-state index contributed by atoms with van der Waals surface area (Å²) in [6.45, 7) is 1.33. The molecule has 1 rings (SSSR count). The van der Waals surface area contributed by atoms with Crippen LogP contribution in [0.5, 0.6) is 0 Å². The molecule has 3 amide bonds. The Labute approximate surface area is 122 Å². The van der Waals surface area contributed by atoms with Gasteiger partial charge in [-0.15, -0.1) is 0 Å². The molecule has 0 aliphatic rings. The maximum atomic E-state index is 11.5. The van der Waals surface area contributed by atoms with Crippen LogP contribution in [-0.4, -0.2) is 23.8 Å². The summed E-state index contributed by atoms with van der Waals surface area (Å²) in [7, 11) is 0. The van der Waals surface area contributed by atoms with Crippen molar-refractivity contribution in [2.45, 2.75) is 25.8 Å². The van der Waals surface area contributed by atoms with E-state index in [2.05, 4.69) is 5.32 Å². The van der Waals surface area contributed by atoms with Crippen molar-refractivity contribution in [3.05, 3.63) is 35.4 Å². The first-order valence-corrected chi connectivity index (χ1v) is 6.35. The van der Waals surface area contributed by atoms with Gasteiger partial charge in [0.05, 0.1) is 0 Å². The highest BCUT2D eigenvalue weighted by Gasteiger charge is 2.18. The monoisotopic (exact) mass is 293 g/mol. The van der Waals surface area contributed by atoms with E-state index in [9.17, 15) is 14.4 Å². The van der Waals surface area contributed by atoms with Crippen LogP contribution in [0.4, 0.5) is 0 Å². The predicted octanol–water partition coefficient (Wildman–Crippen LogP) is -1.28. The van der Waals surface area contributed by atoms with Crippen molar-refractivity contribution in [1.82, 2.24) is 16.2 Å². The summed E-state index contributed by atoms with van der Waals surface area (Å²) in [6, 6.07) is 6.09. The Balaban J connectivity index is 2.65. The molecular formula is C13H19N5O3. The first-order chi connectivity index (χ1) is 9.97. The predicted molar refractivity (Wildman–Crippen MR) is 76.4 cm³/mol. The second-order valence-electron chi connectivity index (χ2n) is 4.47. The van der Waals surface area contributed by atoms with E-state index in [1.54, 1.807) is 24.3 Å². The lowest BCUT2D eigenvalue weighted by Crippen LogP contribution is -2.48. The second kappa shape index (κ2) is 7.98. The smallest absolute Gasteiger partial charge is 0.265 e. The number of carbonyl (C=O) groups excluding carboxylic acids is 3. The Morgan fingerprint density at radius 1 is 1.10 bits per heavy atom. The van der Waals surface area contributed by atoms with Crippen molar-refractivity contribution < 1.29 is 14.4 Å². The molecule has 1 unspecified atom stereocenters. The Bertz CT molecular complexity index is 515. The minimum absolute atomic E-state index is 0.307. The molecule has 0 aliphatic heterocycles. The summed E-state index contributed by atoms with van der Waals surface area (Å²) in [5, 5.41) is 2.53. The minimum Gasteiger partial charge on any atom is -0.344 e. The molecule has 0 saturated carbocycles. The summed E-state index contributed by atoms with van der Waals surface area (Å²) in [5.41, 5.74) is 5.42. The van der Waals surface area contributed by atoms with E-state index in [1.165, 1.54) is 6.92 Å². The van der Waals surface area contributed by atoms with E-state index >= 15 is 0 Å². The average molecular weight is 293 g/mol. The van der Waals surface area contributed by atoms with E-state index in [1.807, 2.05) is 10.9 Å². The number of nitrogens with two attached hydrogens (primary N) is 2. The molecule has 0 bridgehead atoms. The minimum atomic E-state index is -0.695. The van der Waals surface area contributed by atoms with Crippen molar-refractivity contribution in [2.75, 3.05) is 0 Å². The van der Waals surface area contributed by atoms with Gasteiger partial charge in [-0.2, -0.15) is 0 Å². The van der Waals surface area contributed by atoms with Gasteiger partial charge in [0.15, 0.2) is 0 Å². The highest BCUT2D eigenvalue weighted by atomic mass is 16.2. The lowest BCUT2D eigenvalue weighted by Gasteiger charge is -2.16. The molecule has 0 radical (unpaired) electrons. The summed E-state index contributed by atoms with van der Waals surface area (Å²) < 4.78 is 0. The van der Waals surface area contributed by atoms with Crippen LogP contribution in [-0.2, 0) is 16.0 Å². The molecule has 8 heteroatoms. The van der Waals surface area contributed by atoms with E-state index in [0.717, 1.165) is 5.56 Å². The zero-order valence-electron chi connectivity index (χ0n) is 11.7. The van der Waals surface area contributed by atoms with Crippen LogP contribution in [0.25, 0.3) is 0 Å².